The highest BCUT2D eigenvalue weighted by Gasteiger charge is 2.36. The van der Waals surface area contributed by atoms with Crippen LogP contribution in [0.3, 0.4) is 0 Å². The summed E-state index contributed by atoms with van der Waals surface area (Å²) in [6, 6.07) is -0.0357. The number of aryl methyl sites for hydroxylation is 2. The quantitative estimate of drug-likeness (QED) is 0.801. The molecule has 0 spiro atoms. The number of allylic oxidation sites excluding steroid dienone is 2. The van der Waals surface area contributed by atoms with Gasteiger partial charge in [-0.2, -0.15) is 0 Å². The predicted octanol–water partition coefficient (Wildman–Crippen LogP) is 3.11. The van der Waals surface area contributed by atoms with Crippen molar-refractivity contribution >= 4 is 11.7 Å². The lowest BCUT2D eigenvalue weighted by Crippen LogP contribution is -2.33. The van der Waals surface area contributed by atoms with Crippen LogP contribution in [0.5, 0.6) is 0 Å². The SMILES string of the molecule is CC1=CC[C@H]2CN(C(=O)Nc3c(C)noc3C)C[C@H]2C1. The first-order valence-corrected chi connectivity index (χ1v) is 7.19. The second kappa shape index (κ2) is 4.96. The van der Waals surface area contributed by atoms with Crippen molar-refractivity contribution in [2.24, 2.45) is 11.8 Å². The van der Waals surface area contributed by atoms with Gasteiger partial charge in [-0.25, -0.2) is 4.79 Å². The second-order valence-corrected chi connectivity index (χ2v) is 6.04. The van der Waals surface area contributed by atoms with Crippen LogP contribution in [-0.4, -0.2) is 29.2 Å². The largest absolute Gasteiger partial charge is 0.359 e. The zero-order chi connectivity index (χ0) is 14.3. The molecule has 1 aromatic rings. The van der Waals surface area contributed by atoms with E-state index in [4.69, 9.17) is 4.52 Å². The number of carbonyl (C=O) groups excluding carboxylic acids is 1. The average molecular weight is 275 g/mol. The Morgan fingerprint density at radius 1 is 1.35 bits per heavy atom. The van der Waals surface area contributed by atoms with Crippen LogP contribution in [0.25, 0.3) is 0 Å². The van der Waals surface area contributed by atoms with Crippen LogP contribution in [0.2, 0.25) is 0 Å². The van der Waals surface area contributed by atoms with Crippen LogP contribution in [0.15, 0.2) is 16.2 Å². The topological polar surface area (TPSA) is 58.4 Å². The molecule has 1 N–H and O–H groups in total. The molecular formula is C15H21N3O2. The van der Waals surface area contributed by atoms with E-state index < -0.39 is 0 Å². The van der Waals surface area contributed by atoms with Crippen molar-refractivity contribution in [1.82, 2.24) is 10.1 Å². The summed E-state index contributed by atoms with van der Waals surface area (Å²) in [7, 11) is 0. The third-order valence-electron chi connectivity index (χ3n) is 4.48. The van der Waals surface area contributed by atoms with E-state index in [1.54, 1.807) is 0 Å². The Bertz CT molecular complexity index is 542. The monoisotopic (exact) mass is 275 g/mol. The number of hydrogen-bond donors (Lipinski definition) is 1. The van der Waals surface area contributed by atoms with Gasteiger partial charge >= 0.3 is 6.03 Å². The molecule has 3 rings (SSSR count). The lowest BCUT2D eigenvalue weighted by molar-refractivity contribution is 0.220. The molecule has 0 bridgehead atoms. The minimum absolute atomic E-state index is 0.0357. The van der Waals surface area contributed by atoms with Gasteiger partial charge in [0, 0.05) is 13.1 Å². The van der Waals surface area contributed by atoms with Crippen LogP contribution in [0.4, 0.5) is 10.5 Å². The van der Waals surface area contributed by atoms with Gasteiger partial charge in [0.2, 0.25) is 0 Å². The molecule has 0 saturated carbocycles. The summed E-state index contributed by atoms with van der Waals surface area (Å²) in [6.07, 6.45) is 4.54. The molecular weight excluding hydrogens is 254 g/mol. The number of fused-ring (bicyclic) bond motifs is 1. The fraction of sp³-hybridized carbons (Fsp3) is 0.600. The van der Waals surface area contributed by atoms with Crippen molar-refractivity contribution in [1.29, 1.82) is 0 Å². The molecule has 108 valence electrons. The number of amides is 2. The molecule has 1 aliphatic carbocycles. The zero-order valence-electron chi connectivity index (χ0n) is 12.3. The van der Waals surface area contributed by atoms with E-state index in [1.807, 2.05) is 18.7 Å². The molecule has 1 saturated heterocycles. The molecule has 20 heavy (non-hydrogen) atoms. The summed E-state index contributed by atoms with van der Waals surface area (Å²) in [6.45, 7) is 7.54. The highest BCUT2D eigenvalue weighted by Crippen LogP contribution is 2.36. The Hall–Kier alpha value is -1.78. The molecule has 1 aromatic heterocycles. The summed E-state index contributed by atoms with van der Waals surface area (Å²) in [5.41, 5.74) is 2.89. The normalized spacial score (nSPS) is 25.4. The Kier molecular flexibility index (Phi) is 3.28. The Labute approximate surface area is 119 Å². The first-order chi connectivity index (χ1) is 9.54. The fourth-order valence-corrected chi connectivity index (χ4v) is 3.30. The van der Waals surface area contributed by atoms with E-state index in [9.17, 15) is 4.79 Å². The maximum absolute atomic E-state index is 12.4. The van der Waals surface area contributed by atoms with E-state index in [-0.39, 0.29) is 6.03 Å². The van der Waals surface area contributed by atoms with Crippen molar-refractivity contribution in [3.63, 3.8) is 0 Å². The van der Waals surface area contributed by atoms with Gasteiger partial charge in [-0.15, -0.1) is 0 Å². The zero-order valence-corrected chi connectivity index (χ0v) is 12.3. The lowest BCUT2D eigenvalue weighted by Gasteiger charge is -2.21. The molecule has 1 aliphatic heterocycles. The summed E-state index contributed by atoms with van der Waals surface area (Å²) < 4.78 is 5.08. The molecule has 2 amide bonds. The highest BCUT2D eigenvalue weighted by atomic mass is 16.5. The molecule has 5 heteroatoms. The van der Waals surface area contributed by atoms with Crippen molar-refractivity contribution in [3.8, 4) is 0 Å². The number of hydrogen-bond acceptors (Lipinski definition) is 3. The van der Waals surface area contributed by atoms with Crippen LogP contribution in [0, 0.1) is 25.7 Å². The number of likely N-dealkylation sites (tertiary alicyclic amines) is 1. The highest BCUT2D eigenvalue weighted by molar-refractivity contribution is 5.90. The van der Waals surface area contributed by atoms with Crippen molar-refractivity contribution in [3.05, 3.63) is 23.1 Å². The molecule has 0 unspecified atom stereocenters. The van der Waals surface area contributed by atoms with E-state index in [2.05, 4.69) is 23.5 Å². The van der Waals surface area contributed by atoms with Crippen LogP contribution < -0.4 is 5.32 Å². The summed E-state index contributed by atoms with van der Waals surface area (Å²) >= 11 is 0. The average Bonchev–Trinajstić information content (AvgIpc) is 2.96. The summed E-state index contributed by atoms with van der Waals surface area (Å²) in [5.74, 6) is 1.90. The van der Waals surface area contributed by atoms with Crippen molar-refractivity contribution < 1.29 is 9.32 Å². The standard InChI is InChI=1S/C15H21N3O2/c1-9-4-5-12-7-18(8-13(12)6-9)15(19)16-14-10(2)17-20-11(14)3/h4,12-13H,5-8H2,1-3H3,(H,16,19)/t12-,13+/m0/s1. The van der Waals surface area contributed by atoms with E-state index in [0.29, 0.717) is 23.3 Å². The van der Waals surface area contributed by atoms with Gasteiger partial charge in [0.05, 0.1) is 0 Å². The van der Waals surface area contributed by atoms with E-state index in [1.165, 1.54) is 5.57 Å². The fourth-order valence-electron chi connectivity index (χ4n) is 3.30. The minimum Gasteiger partial charge on any atom is -0.359 e. The van der Waals surface area contributed by atoms with Gasteiger partial charge < -0.3 is 14.7 Å². The van der Waals surface area contributed by atoms with Crippen LogP contribution >= 0.6 is 0 Å². The Balaban J connectivity index is 1.65. The maximum Gasteiger partial charge on any atom is 0.322 e. The lowest BCUT2D eigenvalue weighted by atomic mass is 9.83. The number of urea groups is 1. The van der Waals surface area contributed by atoms with Crippen molar-refractivity contribution in [2.75, 3.05) is 18.4 Å². The van der Waals surface area contributed by atoms with Gasteiger partial charge in [0.25, 0.3) is 0 Å². The second-order valence-electron chi connectivity index (χ2n) is 6.04. The summed E-state index contributed by atoms with van der Waals surface area (Å²) in [4.78, 5) is 14.3. The first kappa shape index (κ1) is 13.2. The van der Waals surface area contributed by atoms with Crippen LogP contribution in [-0.2, 0) is 0 Å². The number of anilines is 1. The third-order valence-corrected chi connectivity index (χ3v) is 4.48. The van der Waals surface area contributed by atoms with Crippen LogP contribution in [0.1, 0.15) is 31.2 Å². The Morgan fingerprint density at radius 2 is 2.10 bits per heavy atom. The summed E-state index contributed by atoms with van der Waals surface area (Å²) in [5, 5.41) is 6.80. The molecule has 0 aromatic carbocycles. The molecule has 5 nitrogen and oxygen atoms in total. The Morgan fingerprint density at radius 3 is 2.80 bits per heavy atom. The van der Waals surface area contributed by atoms with Gasteiger partial charge in [-0.1, -0.05) is 16.8 Å². The van der Waals surface area contributed by atoms with Gasteiger partial charge in [-0.05, 0) is 45.4 Å². The van der Waals surface area contributed by atoms with Gasteiger partial charge in [0.15, 0.2) is 5.76 Å². The maximum atomic E-state index is 12.4. The van der Waals surface area contributed by atoms with E-state index in [0.717, 1.165) is 31.6 Å². The number of carbonyl (C=O) groups is 1. The van der Waals surface area contributed by atoms with Gasteiger partial charge in [-0.3, -0.25) is 0 Å². The molecule has 2 heterocycles. The predicted molar refractivity (Wildman–Crippen MR) is 76.5 cm³/mol. The molecule has 2 atom stereocenters. The van der Waals surface area contributed by atoms with E-state index >= 15 is 0 Å². The smallest absolute Gasteiger partial charge is 0.322 e. The first-order valence-electron chi connectivity index (χ1n) is 7.19. The van der Waals surface area contributed by atoms with Crippen molar-refractivity contribution in [2.45, 2.75) is 33.6 Å². The number of nitrogens with zero attached hydrogens (tertiary/aromatic N) is 2. The minimum atomic E-state index is -0.0357. The third kappa shape index (κ3) is 2.32. The molecule has 2 aliphatic rings. The molecule has 0 radical (unpaired) electrons. The number of rotatable bonds is 1. The number of aromatic nitrogens is 1. The molecule has 1 fully saturated rings. The van der Waals surface area contributed by atoms with Gasteiger partial charge in [0.1, 0.15) is 11.4 Å². The number of nitrogens with one attached hydrogen (secondary N) is 1.